The van der Waals surface area contributed by atoms with E-state index in [2.05, 4.69) is 28.1 Å². The van der Waals surface area contributed by atoms with Crippen molar-refractivity contribution in [2.75, 3.05) is 0 Å². The molecule has 3 aromatic rings. The smallest absolute Gasteiger partial charge is 0.176 e. The first-order valence-corrected chi connectivity index (χ1v) is 8.68. The fraction of sp³-hybridized carbons (Fsp3) is 0.333. The number of thioether (sulfide) groups is 1. The van der Waals surface area contributed by atoms with Gasteiger partial charge in [0.25, 0.3) is 0 Å². The van der Waals surface area contributed by atoms with Crippen molar-refractivity contribution in [3.8, 4) is 0 Å². The number of ketones is 1. The third-order valence-electron chi connectivity index (χ3n) is 4.26. The van der Waals surface area contributed by atoms with Crippen LogP contribution >= 0.6 is 11.8 Å². The zero-order chi connectivity index (χ0) is 17.4. The van der Waals surface area contributed by atoms with Crippen molar-refractivity contribution in [1.82, 2.24) is 19.7 Å². The average molecular weight is 340 g/mol. The molecule has 1 unspecified atom stereocenters. The molecule has 0 bridgehead atoms. The molecule has 0 aliphatic rings. The average Bonchev–Trinajstić information content (AvgIpc) is 2.93. The van der Waals surface area contributed by atoms with Crippen LogP contribution in [0.1, 0.15) is 34.0 Å². The lowest BCUT2D eigenvalue weighted by Crippen LogP contribution is -2.15. The van der Waals surface area contributed by atoms with Crippen molar-refractivity contribution in [3.05, 3.63) is 46.9 Å². The van der Waals surface area contributed by atoms with Crippen LogP contribution in [0.5, 0.6) is 0 Å². The second-order valence-corrected chi connectivity index (χ2v) is 7.39. The summed E-state index contributed by atoms with van der Waals surface area (Å²) in [5.41, 5.74) is 4.92. The molecule has 0 amide bonds. The lowest BCUT2D eigenvalue weighted by atomic mass is 9.97. The van der Waals surface area contributed by atoms with E-state index in [1.165, 1.54) is 23.7 Å². The number of Topliss-reactive ketones (excluding diaryl/α,β-unsaturated/α-hetero) is 1. The van der Waals surface area contributed by atoms with Gasteiger partial charge in [-0.25, -0.2) is 9.97 Å². The van der Waals surface area contributed by atoms with Crippen molar-refractivity contribution in [1.29, 1.82) is 0 Å². The minimum atomic E-state index is -0.232. The highest BCUT2D eigenvalue weighted by Crippen LogP contribution is 2.30. The van der Waals surface area contributed by atoms with Gasteiger partial charge in [-0.05, 0) is 50.5 Å². The molecule has 0 aliphatic carbocycles. The molecular weight excluding hydrogens is 320 g/mol. The van der Waals surface area contributed by atoms with Crippen LogP contribution in [0.15, 0.2) is 29.7 Å². The number of hydrogen-bond acceptors (Lipinski definition) is 5. The summed E-state index contributed by atoms with van der Waals surface area (Å²) in [6, 6.07) is 4.06. The van der Waals surface area contributed by atoms with Gasteiger partial charge in [-0.15, -0.1) is 0 Å². The minimum absolute atomic E-state index is 0.122. The first-order chi connectivity index (χ1) is 11.4. The molecule has 124 valence electrons. The Hall–Kier alpha value is -2.21. The van der Waals surface area contributed by atoms with Crippen LogP contribution in [0.25, 0.3) is 11.0 Å². The van der Waals surface area contributed by atoms with E-state index >= 15 is 0 Å². The molecule has 6 heteroatoms. The minimum Gasteiger partial charge on any atom is -0.293 e. The monoisotopic (exact) mass is 340 g/mol. The Morgan fingerprint density at radius 2 is 1.83 bits per heavy atom. The van der Waals surface area contributed by atoms with E-state index in [-0.39, 0.29) is 11.0 Å². The van der Waals surface area contributed by atoms with Crippen molar-refractivity contribution in [2.24, 2.45) is 7.05 Å². The molecule has 1 atom stereocenters. The number of nitrogens with zero attached hydrogens (tertiary/aromatic N) is 4. The number of rotatable bonds is 4. The standard InChI is InChI=1S/C18H20N4OS/c1-10-6-12(3)14(7-11(10)2)16(23)13(4)24-18-15-8-21-22(5)17(15)19-9-20-18/h6-9,13H,1-5H3. The molecule has 0 saturated heterocycles. The maximum absolute atomic E-state index is 12.9. The van der Waals surface area contributed by atoms with Gasteiger partial charge in [0.2, 0.25) is 0 Å². The van der Waals surface area contributed by atoms with Gasteiger partial charge >= 0.3 is 0 Å². The molecule has 0 fully saturated rings. The van der Waals surface area contributed by atoms with Crippen LogP contribution in [0, 0.1) is 20.8 Å². The molecule has 1 aromatic carbocycles. The van der Waals surface area contributed by atoms with Crippen LogP contribution in [0.3, 0.4) is 0 Å². The Balaban J connectivity index is 1.90. The Labute approximate surface area is 145 Å². The van der Waals surface area contributed by atoms with Crippen molar-refractivity contribution < 1.29 is 4.79 Å². The number of hydrogen-bond donors (Lipinski definition) is 0. The predicted octanol–water partition coefficient (Wildman–Crippen LogP) is 3.65. The highest BCUT2D eigenvalue weighted by Gasteiger charge is 2.21. The van der Waals surface area contributed by atoms with E-state index in [0.29, 0.717) is 0 Å². The predicted molar refractivity (Wildman–Crippen MR) is 96.6 cm³/mol. The van der Waals surface area contributed by atoms with E-state index in [0.717, 1.165) is 32.7 Å². The van der Waals surface area contributed by atoms with Crippen molar-refractivity contribution in [3.63, 3.8) is 0 Å². The van der Waals surface area contributed by atoms with Crippen LogP contribution in [0.2, 0.25) is 0 Å². The van der Waals surface area contributed by atoms with E-state index < -0.39 is 0 Å². The number of carbonyl (C=O) groups is 1. The molecular formula is C18H20N4OS. The topological polar surface area (TPSA) is 60.7 Å². The van der Waals surface area contributed by atoms with Gasteiger partial charge in [-0.1, -0.05) is 17.8 Å². The van der Waals surface area contributed by atoms with Gasteiger partial charge in [0.15, 0.2) is 11.4 Å². The lowest BCUT2D eigenvalue weighted by molar-refractivity contribution is 0.0993. The Kier molecular flexibility index (Phi) is 4.41. The van der Waals surface area contributed by atoms with E-state index in [4.69, 9.17) is 0 Å². The van der Waals surface area contributed by atoms with Gasteiger partial charge < -0.3 is 0 Å². The maximum atomic E-state index is 12.9. The van der Waals surface area contributed by atoms with E-state index in [1.54, 1.807) is 10.9 Å². The fourth-order valence-electron chi connectivity index (χ4n) is 2.70. The lowest BCUT2D eigenvalue weighted by Gasteiger charge is -2.14. The first-order valence-electron chi connectivity index (χ1n) is 7.80. The summed E-state index contributed by atoms with van der Waals surface area (Å²) in [5.74, 6) is 0.122. The van der Waals surface area contributed by atoms with Crippen LogP contribution < -0.4 is 0 Å². The van der Waals surface area contributed by atoms with Gasteiger partial charge in [-0.3, -0.25) is 9.48 Å². The molecule has 2 aromatic heterocycles. The number of aromatic nitrogens is 4. The molecule has 0 aliphatic heterocycles. The number of aryl methyl sites for hydroxylation is 4. The second kappa shape index (κ2) is 6.36. The van der Waals surface area contributed by atoms with Gasteiger partial charge in [0.1, 0.15) is 11.4 Å². The quantitative estimate of drug-likeness (QED) is 0.412. The Morgan fingerprint density at radius 3 is 2.58 bits per heavy atom. The highest BCUT2D eigenvalue weighted by molar-refractivity contribution is 8.00. The zero-order valence-electron chi connectivity index (χ0n) is 14.5. The first kappa shape index (κ1) is 16.6. The SMILES string of the molecule is Cc1cc(C)c(C(=O)C(C)Sc2ncnc3c2cnn3C)cc1C. The van der Waals surface area contributed by atoms with E-state index in [1.807, 2.05) is 33.9 Å². The normalized spacial score (nSPS) is 12.5. The summed E-state index contributed by atoms with van der Waals surface area (Å²) in [4.78, 5) is 21.5. The maximum Gasteiger partial charge on any atom is 0.176 e. The highest BCUT2D eigenvalue weighted by atomic mass is 32.2. The van der Waals surface area contributed by atoms with Crippen molar-refractivity contribution >= 4 is 28.6 Å². The summed E-state index contributed by atoms with van der Waals surface area (Å²) in [6.45, 7) is 8.01. The molecule has 0 N–H and O–H groups in total. The second-order valence-electron chi connectivity index (χ2n) is 6.06. The molecule has 0 radical (unpaired) electrons. The molecule has 5 nitrogen and oxygen atoms in total. The summed E-state index contributed by atoms with van der Waals surface area (Å²) >= 11 is 1.45. The number of fused-ring (bicyclic) bond motifs is 1. The van der Waals surface area contributed by atoms with Crippen LogP contribution in [-0.4, -0.2) is 30.8 Å². The van der Waals surface area contributed by atoms with Crippen LogP contribution in [0.4, 0.5) is 0 Å². The number of benzene rings is 1. The fourth-order valence-corrected chi connectivity index (χ4v) is 3.65. The Morgan fingerprint density at radius 1 is 1.12 bits per heavy atom. The summed E-state index contributed by atoms with van der Waals surface area (Å²) in [6.07, 6.45) is 3.26. The number of carbonyl (C=O) groups excluding carboxylic acids is 1. The van der Waals surface area contributed by atoms with E-state index in [9.17, 15) is 4.79 Å². The summed E-state index contributed by atoms with van der Waals surface area (Å²) in [7, 11) is 1.84. The Bertz CT molecular complexity index is 932. The van der Waals surface area contributed by atoms with Gasteiger partial charge in [-0.2, -0.15) is 5.10 Å². The largest absolute Gasteiger partial charge is 0.293 e. The summed E-state index contributed by atoms with van der Waals surface area (Å²) < 4.78 is 1.71. The molecule has 0 spiro atoms. The molecule has 24 heavy (non-hydrogen) atoms. The zero-order valence-corrected chi connectivity index (χ0v) is 15.3. The van der Waals surface area contributed by atoms with Gasteiger partial charge in [0, 0.05) is 12.6 Å². The molecule has 0 saturated carbocycles. The van der Waals surface area contributed by atoms with Crippen LogP contribution in [-0.2, 0) is 7.05 Å². The van der Waals surface area contributed by atoms with Gasteiger partial charge in [0.05, 0.1) is 16.8 Å². The third kappa shape index (κ3) is 2.94. The molecule has 2 heterocycles. The third-order valence-corrected chi connectivity index (χ3v) is 5.37. The van der Waals surface area contributed by atoms with Crippen molar-refractivity contribution in [2.45, 2.75) is 38.0 Å². The molecule has 3 rings (SSSR count). The summed E-state index contributed by atoms with van der Waals surface area (Å²) in [5, 5.41) is 5.65.